The standard InChI is InChI=1S/C22H26N6O2S2/c29-20(24-11-9-18-7-5-13-31-18)16-32-22-26-25-19(28(22)17-6-4-10-23-14-17)15-27-12-3-1-2-8-21(27)30/h4-7,10,13-14H,1-3,8-9,11-12,15-16H2,(H,24,29). The molecular weight excluding hydrogens is 444 g/mol. The van der Waals surface area contributed by atoms with Crippen LogP contribution in [0.4, 0.5) is 0 Å². The molecule has 0 spiro atoms. The van der Waals surface area contributed by atoms with Crippen LogP contribution in [0.25, 0.3) is 5.69 Å². The molecule has 0 unspecified atom stereocenters. The minimum Gasteiger partial charge on any atom is -0.355 e. The smallest absolute Gasteiger partial charge is 0.230 e. The van der Waals surface area contributed by atoms with Gasteiger partial charge < -0.3 is 10.2 Å². The van der Waals surface area contributed by atoms with E-state index in [1.807, 2.05) is 33.0 Å². The van der Waals surface area contributed by atoms with Crippen molar-refractivity contribution in [2.24, 2.45) is 0 Å². The SMILES string of the molecule is O=C(CSc1nnc(CN2CCCCCC2=O)n1-c1cccnc1)NCCc1cccs1. The van der Waals surface area contributed by atoms with Gasteiger partial charge in [0, 0.05) is 30.6 Å². The fourth-order valence-corrected chi connectivity index (χ4v) is 5.09. The van der Waals surface area contributed by atoms with Crippen LogP contribution >= 0.6 is 23.1 Å². The predicted molar refractivity (Wildman–Crippen MR) is 125 cm³/mol. The van der Waals surface area contributed by atoms with Gasteiger partial charge in [0.25, 0.3) is 0 Å². The molecule has 10 heteroatoms. The van der Waals surface area contributed by atoms with Gasteiger partial charge in [-0.05, 0) is 42.8 Å². The van der Waals surface area contributed by atoms with Gasteiger partial charge in [-0.3, -0.25) is 19.1 Å². The Morgan fingerprint density at radius 3 is 2.94 bits per heavy atom. The number of hydrogen-bond acceptors (Lipinski definition) is 7. The summed E-state index contributed by atoms with van der Waals surface area (Å²) in [4.78, 5) is 32.1. The van der Waals surface area contributed by atoms with Gasteiger partial charge in [0.1, 0.15) is 0 Å². The fourth-order valence-electron chi connectivity index (χ4n) is 3.58. The van der Waals surface area contributed by atoms with Crippen LogP contribution in [0.1, 0.15) is 36.4 Å². The van der Waals surface area contributed by atoms with Crippen LogP contribution in [0, 0.1) is 0 Å². The second-order valence-corrected chi connectivity index (χ2v) is 9.51. The van der Waals surface area contributed by atoms with Crippen molar-refractivity contribution in [2.45, 2.75) is 43.8 Å². The van der Waals surface area contributed by atoms with E-state index in [4.69, 9.17) is 0 Å². The first-order valence-electron chi connectivity index (χ1n) is 10.7. The first kappa shape index (κ1) is 22.5. The number of thioether (sulfide) groups is 1. The van der Waals surface area contributed by atoms with Gasteiger partial charge in [-0.15, -0.1) is 21.5 Å². The molecule has 0 saturated carbocycles. The van der Waals surface area contributed by atoms with Crippen LogP contribution in [0.2, 0.25) is 0 Å². The zero-order valence-corrected chi connectivity index (χ0v) is 19.4. The Morgan fingerprint density at radius 2 is 2.12 bits per heavy atom. The second-order valence-electron chi connectivity index (χ2n) is 7.54. The molecule has 1 saturated heterocycles. The minimum absolute atomic E-state index is 0.0449. The Balaban J connectivity index is 1.43. The highest BCUT2D eigenvalue weighted by molar-refractivity contribution is 7.99. The Hall–Kier alpha value is -2.72. The third-order valence-electron chi connectivity index (χ3n) is 5.21. The molecule has 0 aliphatic carbocycles. The molecule has 3 aromatic rings. The molecule has 2 amide bonds. The average Bonchev–Trinajstić information content (AvgIpc) is 3.42. The lowest BCUT2D eigenvalue weighted by Gasteiger charge is -2.20. The number of nitrogens with one attached hydrogen (secondary N) is 1. The van der Waals surface area contributed by atoms with E-state index in [9.17, 15) is 9.59 Å². The third-order valence-corrected chi connectivity index (χ3v) is 7.08. The highest BCUT2D eigenvalue weighted by atomic mass is 32.2. The summed E-state index contributed by atoms with van der Waals surface area (Å²) in [6.45, 7) is 1.74. The predicted octanol–water partition coefficient (Wildman–Crippen LogP) is 3.08. The Morgan fingerprint density at radius 1 is 1.19 bits per heavy atom. The number of carbonyl (C=O) groups excluding carboxylic acids is 2. The number of aromatic nitrogens is 4. The summed E-state index contributed by atoms with van der Waals surface area (Å²) >= 11 is 3.03. The first-order chi connectivity index (χ1) is 15.7. The molecule has 0 aromatic carbocycles. The van der Waals surface area contributed by atoms with Gasteiger partial charge in [-0.1, -0.05) is 24.2 Å². The Bertz CT molecular complexity index is 1020. The summed E-state index contributed by atoms with van der Waals surface area (Å²) in [6, 6.07) is 7.86. The lowest BCUT2D eigenvalue weighted by atomic mass is 10.2. The average molecular weight is 471 g/mol. The third kappa shape index (κ3) is 5.95. The van der Waals surface area contributed by atoms with Crippen LogP contribution in [-0.4, -0.2) is 55.3 Å². The van der Waals surface area contributed by atoms with E-state index in [0.717, 1.165) is 37.9 Å². The highest BCUT2D eigenvalue weighted by Crippen LogP contribution is 2.23. The second kappa shape index (κ2) is 11.2. The molecule has 0 radical (unpaired) electrons. The molecule has 4 rings (SSSR count). The topological polar surface area (TPSA) is 93.0 Å². The fraction of sp³-hybridized carbons (Fsp3) is 0.409. The van der Waals surface area contributed by atoms with Crippen molar-refractivity contribution in [2.75, 3.05) is 18.8 Å². The first-order valence-corrected chi connectivity index (χ1v) is 12.6. The van der Waals surface area contributed by atoms with Crippen molar-refractivity contribution in [1.82, 2.24) is 30.0 Å². The molecule has 0 atom stereocenters. The monoisotopic (exact) mass is 470 g/mol. The molecule has 4 heterocycles. The Kier molecular flexibility index (Phi) is 7.89. The van der Waals surface area contributed by atoms with E-state index >= 15 is 0 Å². The summed E-state index contributed by atoms with van der Waals surface area (Å²) < 4.78 is 1.90. The molecule has 1 aliphatic rings. The van der Waals surface area contributed by atoms with E-state index in [-0.39, 0.29) is 17.6 Å². The van der Waals surface area contributed by atoms with Crippen LogP contribution in [0.3, 0.4) is 0 Å². The van der Waals surface area contributed by atoms with Crippen molar-refractivity contribution in [3.63, 3.8) is 0 Å². The number of likely N-dealkylation sites (tertiary alicyclic amines) is 1. The maximum absolute atomic E-state index is 12.5. The molecule has 0 bridgehead atoms. The summed E-state index contributed by atoms with van der Waals surface area (Å²) in [6.07, 6.45) is 7.86. The highest BCUT2D eigenvalue weighted by Gasteiger charge is 2.22. The Labute approximate surface area is 195 Å². The van der Waals surface area contributed by atoms with Gasteiger partial charge in [0.15, 0.2) is 11.0 Å². The van der Waals surface area contributed by atoms with Crippen molar-refractivity contribution >= 4 is 34.9 Å². The van der Waals surface area contributed by atoms with Crippen LogP contribution in [-0.2, 0) is 22.6 Å². The number of pyridine rings is 1. The maximum atomic E-state index is 12.5. The van der Waals surface area contributed by atoms with Gasteiger partial charge in [0.05, 0.1) is 24.2 Å². The number of carbonyl (C=O) groups is 2. The van der Waals surface area contributed by atoms with Crippen LogP contribution in [0.5, 0.6) is 0 Å². The molecule has 3 aromatic heterocycles. The van der Waals surface area contributed by atoms with Gasteiger partial charge in [-0.25, -0.2) is 0 Å². The van der Waals surface area contributed by atoms with Gasteiger partial charge in [0.2, 0.25) is 11.8 Å². The van der Waals surface area contributed by atoms with Crippen LogP contribution in [0.15, 0.2) is 47.2 Å². The summed E-state index contributed by atoms with van der Waals surface area (Å²) in [7, 11) is 0. The van der Waals surface area contributed by atoms with Crippen molar-refractivity contribution in [3.8, 4) is 5.69 Å². The molecular formula is C22H26N6O2S2. The quantitative estimate of drug-likeness (QED) is 0.483. The summed E-state index contributed by atoms with van der Waals surface area (Å²) in [5.74, 6) is 1.03. The number of nitrogens with zero attached hydrogens (tertiary/aromatic N) is 5. The normalized spacial score (nSPS) is 14.4. The number of rotatable bonds is 9. The number of amides is 2. The summed E-state index contributed by atoms with van der Waals surface area (Å²) in [5, 5.41) is 14.3. The van der Waals surface area contributed by atoms with Gasteiger partial charge >= 0.3 is 0 Å². The number of thiophene rings is 1. The molecule has 1 aliphatic heterocycles. The van der Waals surface area contributed by atoms with Crippen molar-refractivity contribution in [1.29, 1.82) is 0 Å². The molecule has 1 N–H and O–H groups in total. The summed E-state index contributed by atoms with van der Waals surface area (Å²) in [5.41, 5.74) is 0.815. The number of hydrogen-bond donors (Lipinski definition) is 1. The van der Waals surface area contributed by atoms with Crippen molar-refractivity contribution < 1.29 is 9.59 Å². The van der Waals surface area contributed by atoms with Gasteiger partial charge in [-0.2, -0.15) is 0 Å². The van der Waals surface area contributed by atoms with E-state index in [0.29, 0.717) is 30.5 Å². The van der Waals surface area contributed by atoms with E-state index in [1.54, 1.807) is 23.7 Å². The molecule has 168 valence electrons. The van der Waals surface area contributed by atoms with Crippen molar-refractivity contribution in [3.05, 3.63) is 52.7 Å². The molecule has 32 heavy (non-hydrogen) atoms. The van der Waals surface area contributed by atoms with Crippen LogP contribution < -0.4 is 5.32 Å². The molecule has 8 nitrogen and oxygen atoms in total. The van der Waals surface area contributed by atoms with E-state index < -0.39 is 0 Å². The van der Waals surface area contributed by atoms with E-state index in [1.165, 1.54) is 16.6 Å². The largest absolute Gasteiger partial charge is 0.355 e. The van der Waals surface area contributed by atoms with E-state index in [2.05, 4.69) is 26.6 Å². The lowest BCUT2D eigenvalue weighted by Crippen LogP contribution is -2.31. The minimum atomic E-state index is -0.0449. The zero-order valence-electron chi connectivity index (χ0n) is 17.8. The zero-order chi connectivity index (χ0) is 22.2. The molecule has 1 fully saturated rings. The maximum Gasteiger partial charge on any atom is 0.230 e. The lowest BCUT2D eigenvalue weighted by molar-refractivity contribution is -0.131.